The number of amides is 1. The minimum Gasteiger partial charge on any atom is -0.322 e. The van der Waals surface area contributed by atoms with E-state index < -0.39 is 0 Å². The van der Waals surface area contributed by atoms with Gasteiger partial charge in [0.05, 0.1) is 11.0 Å². The summed E-state index contributed by atoms with van der Waals surface area (Å²) in [5.74, 6) is -0.193. The highest BCUT2D eigenvalue weighted by atomic mass is 16.2. The molecule has 3 N–H and O–H groups in total. The van der Waals surface area contributed by atoms with Gasteiger partial charge in [-0.15, -0.1) is 0 Å². The minimum absolute atomic E-state index is 0.193. The topological polar surface area (TPSA) is 77.8 Å². The summed E-state index contributed by atoms with van der Waals surface area (Å²) in [4.78, 5) is 29.6. The van der Waals surface area contributed by atoms with Crippen LogP contribution in [0.2, 0.25) is 0 Å². The van der Waals surface area contributed by atoms with Crippen LogP contribution in [0.3, 0.4) is 0 Å². The normalized spacial score (nSPS) is 10.8. The van der Waals surface area contributed by atoms with Gasteiger partial charge in [-0.3, -0.25) is 4.79 Å². The molecule has 0 unspecified atom stereocenters. The maximum atomic E-state index is 12.9. The van der Waals surface area contributed by atoms with Gasteiger partial charge in [-0.2, -0.15) is 0 Å². The standard InChI is InChI=1S/C21H17N3O2/c1-13-6-2-3-7-15(13)16-8-4-5-9-17(16)20(25)22-14-10-11-18-19(12-14)24-21(26)23-18/h2-12H,1H3,(H,22,25)(H2,23,24,26). The first-order valence-corrected chi connectivity index (χ1v) is 8.30. The van der Waals surface area contributed by atoms with E-state index in [-0.39, 0.29) is 11.6 Å². The molecular formula is C21H17N3O2. The number of rotatable bonds is 3. The molecule has 0 spiro atoms. The van der Waals surface area contributed by atoms with Crippen molar-refractivity contribution in [2.45, 2.75) is 6.92 Å². The number of aromatic nitrogens is 2. The fourth-order valence-electron chi connectivity index (χ4n) is 3.10. The summed E-state index contributed by atoms with van der Waals surface area (Å²) in [6.45, 7) is 2.03. The number of aryl methyl sites for hydroxylation is 1. The third-order valence-electron chi connectivity index (χ3n) is 4.38. The quantitative estimate of drug-likeness (QED) is 0.524. The van der Waals surface area contributed by atoms with Crippen molar-refractivity contribution in [2.24, 2.45) is 0 Å². The van der Waals surface area contributed by atoms with Crippen molar-refractivity contribution in [3.8, 4) is 11.1 Å². The Morgan fingerprint density at radius 3 is 2.35 bits per heavy atom. The number of fused-ring (bicyclic) bond motifs is 1. The van der Waals surface area contributed by atoms with E-state index in [2.05, 4.69) is 15.3 Å². The molecule has 0 aliphatic heterocycles. The van der Waals surface area contributed by atoms with E-state index >= 15 is 0 Å². The van der Waals surface area contributed by atoms with Crippen molar-refractivity contribution >= 4 is 22.6 Å². The van der Waals surface area contributed by atoms with Crippen molar-refractivity contribution in [3.63, 3.8) is 0 Å². The van der Waals surface area contributed by atoms with Gasteiger partial charge in [-0.05, 0) is 47.9 Å². The molecule has 4 aromatic rings. The first kappa shape index (κ1) is 15.9. The molecule has 0 aliphatic carbocycles. The first-order chi connectivity index (χ1) is 12.6. The van der Waals surface area contributed by atoms with Crippen LogP contribution >= 0.6 is 0 Å². The van der Waals surface area contributed by atoms with Gasteiger partial charge in [0.1, 0.15) is 0 Å². The summed E-state index contributed by atoms with van der Waals surface area (Å²) in [5, 5.41) is 2.91. The SMILES string of the molecule is Cc1ccccc1-c1ccccc1C(=O)Nc1ccc2[nH]c(=O)[nH]c2c1. The number of aromatic amines is 2. The van der Waals surface area contributed by atoms with E-state index in [9.17, 15) is 9.59 Å². The van der Waals surface area contributed by atoms with Crippen LogP contribution in [0.25, 0.3) is 22.2 Å². The Labute approximate surface area is 149 Å². The maximum Gasteiger partial charge on any atom is 0.323 e. The van der Waals surface area contributed by atoms with Gasteiger partial charge < -0.3 is 15.3 Å². The molecule has 1 heterocycles. The van der Waals surface area contributed by atoms with Crippen LogP contribution in [-0.2, 0) is 0 Å². The lowest BCUT2D eigenvalue weighted by Gasteiger charge is -2.12. The van der Waals surface area contributed by atoms with E-state index in [1.54, 1.807) is 18.2 Å². The lowest BCUT2D eigenvalue weighted by atomic mass is 9.95. The van der Waals surface area contributed by atoms with Crippen molar-refractivity contribution < 1.29 is 4.79 Å². The van der Waals surface area contributed by atoms with Gasteiger partial charge in [0.2, 0.25) is 0 Å². The largest absolute Gasteiger partial charge is 0.323 e. The molecule has 3 aromatic carbocycles. The van der Waals surface area contributed by atoms with Crippen molar-refractivity contribution in [2.75, 3.05) is 5.32 Å². The van der Waals surface area contributed by atoms with Crippen LogP contribution in [-0.4, -0.2) is 15.9 Å². The molecule has 26 heavy (non-hydrogen) atoms. The Morgan fingerprint density at radius 1 is 0.846 bits per heavy atom. The summed E-state index contributed by atoms with van der Waals surface area (Å²) >= 11 is 0. The number of imidazole rings is 1. The Hall–Kier alpha value is -3.60. The highest BCUT2D eigenvalue weighted by molar-refractivity contribution is 6.09. The number of hydrogen-bond donors (Lipinski definition) is 3. The molecule has 5 nitrogen and oxygen atoms in total. The average Bonchev–Trinajstić information content (AvgIpc) is 3.01. The number of hydrogen-bond acceptors (Lipinski definition) is 2. The second-order valence-electron chi connectivity index (χ2n) is 6.15. The third-order valence-corrected chi connectivity index (χ3v) is 4.38. The summed E-state index contributed by atoms with van der Waals surface area (Å²) in [7, 11) is 0. The van der Waals surface area contributed by atoms with Crippen LogP contribution in [0.4, 0.5) is 5.69 Å². The summed E-state index contributed by atoms with van der Waals surface area (Å²) < 4.78 is 0. The van der Waals surface area contributed by atoms with Crippen LogP contribution in [0.5, 0.6) is 0 Å². The molecular weight excluding hydrogens is 326 g/mol. The lowest BCUT2D eigenvalue weighted by molar-refractivity contribution is 0.102. The van der Waals surface area contributed by atoms with Crippen LogP contribution in [0.1, 0.15) is 15.9 Å². The lowest BCUT2D eigenvalue weighted by Crippen LogP contribution is -2.13. The van der Waals surface area contributed by atoms with E-state index in [0.717, 1.165) is 16.7 Å². The van der Waals surface area contributed by atoms with Gasteiger partial charge in [0, 0.05) is 11.3 Å². The molecule has 0 bridgehead atoms. The average molecular weight is 343 g/mol. The molecule has 5 heteroatoms. The Kier molecular flexibility index (Phi) is 3.89. The number of nitrogens with one attached hydrogen (secondary N) is 3. The predicted molar refractivity (Wildman–Crippen MR) is 103 cm³/mol. The van der Waals surface area contributed by atoms with Gasteiger partial charge in [0.15, 0.2) is 0 Å². The molecule has 0 aliphatic rings. The zero-order valence-corrected chi connectivity index (χ0v) is 14.2. The third kappa shape index (κ3) is 2.91. The Bertz CT molecular complexity index is 1170. The fourth-order valence-corrected chi connectivity index (χ4v) is 3.10. The number of anilines is 1. The van der Waals surface area contributed by atoms with E-state index in [1.807, 2.05) is 55.5 Å². The minimum atomic E-state index is -0.270. The number of carbonyl (C=O) groups is 1. The molecule has 0 saturated heterocycles. The number of H-pyrrole nitrogens is 2. The summed E-state index contributed by atoms with van der Waals surface area (Å²) in [6, 6.07) is 20.8. The van der Waals surface area contributed by atoms with E-state index in [0.29, 0.717) is 22.3 Å². The monoisotopic (exact) mass is 343 g/mol. The number of carbonyl (C=O) groups excluding carboxylic acids is 1. The van der Waals surface area contributed by atoms with Crippen molar-refractivity contribution in [3.05, 3.63) is 88.3 Å². The predicted octanol–water partition coefficient (Wildman–Crippen LogP) is 4.08. The van der Waals surface area contributed by atoms with Crippen molar-refractivity contribution in [1.82, 2.24) is 9.97 Å². The Balaban J connectivity index is 1.70. The molecule has 0 saturated carbocycles. The zero-order chi connectivity index (χ0) is 18.1. The maximum absolute atomic E-state index is 12.9. The first-order valence-electron chi connectivity index (χ1n) is 8.30. The van der Waals surface area contributed by atoms with Crippen molar-refractivity contribution in [1.29, 1.82) is 0 Å². The molecule has 0 fully saturated rings. The molecule has 128 valence electrons. The van der Waals surface area contributed by atoms with Gasteiger partial charge in [-0.1, -0.05) is 42.5 Å². The van der Waals surface area contributed by atoms with E-state index in [1.165, 1.54) is 0 Å². The second kappa shape index (κ2) is 6.37. The van der Waals surface area contributed by atoms with Gasteiger partial charge >= 0.3 is 5.69 Å². The zero-order valence-electron chi connectivity index (χ0n) is 14.2. The van der Waals surface area contributed by atoms with Crippen LogP contribution < -0.4 is 11.0 Å². The van der Waals surface area contributed by atoms with Crippen LogP contribution in [0.15, 0.2) is 71.5 Å². The second-order valence-corrected chi connectivity index (χ2v) is 6.15. The molecule has 0 atom stereocenters. The van der Waals surface area contributed by atoms with Crippen LogP contribution in [0, 0.1) is 6.92 Å². The number of benzene rings is 3. The highest BCUT2D eigenvalue weighted by Gasteiger charge is 2.14. The molecule has 1 aromatic heterocycles. The Morgan fingerprint density at radius 2 is 1.54 bits per heavy atom. The molecule has 1 amide bonds. The smallest absolute Gasteiger partial charge is 0.322 e. The van der Waals surface area contributed by atoms with Gasteiger partial charge in [-0.25, -0.2) is 4.79 Å². The summed E-state index contributed by atoms with van der Waals surface area (Å²) in [5.41, 5.74) is 5.34. The van der Waals surface area contributed by atoms with Gasteiger partial charge in [0.25, 0.3) is 5.91 Å². The van der Waals surface area contributed by atoms with E-state index in [4.69, 9.17) is 0 Å². The summed E-state index contributed by atoms with van der Waals surface area (Å²) in [6.07, 6.45) is 0. The molecule has 0 radical (unpaired) electrons. The molecule has 4 rings (SSSR count). The fraction of sp³-hybridized carbons (Fsp3) is 0.0476. The highest BCUT2D eigenvalue weighted by Crippen LogP contribution is 2.27.